The Kier molecular flexibility index (Phi) is 8.44. The van der Waals surface area contributed by atoms with E-state index in [2.05, 4.69) is 5.32 Å². The number of benzene rings is 3. The van der Waals surface area contributed by atoms with Gasteiger partial charge in [-0.2, -0.15) is 13.2 Å². The van der Waals surface area contributed by atoms with Crippen LogP contribution in [0.4, 0.5) is 17.6 Å². The van der Waals surface area contributed by atoms with Gasteiger partial charge in [0.15, 0.2) is 0 Å². The van der Waals surface area contributed by atoms with Gasteiger partial charge in [0.2, 0.25) is 0 Å². The number of rotatable bonds is 9. The summed E-state index contributed by atoms with van der Waals surface area (Å²) < 4.78 is 53.2. The topological polar surface area (TPSA) is 92.2 Å². The number of aliphatic carboxylic acids is 1. The van der Waals surface area contributed by atoms with Crippen molar-refractivity contribution in [2.75, 3.05) is 0 Å². The maximum absolute atomic E-state index is 13.4. The highest BCUT2D eigenvalue weighted by atomic mass is 35.5. The lowest BCUT2D eigenvalue weighted by Crippen LogP contribution is -2.24. The summed E-state index contributed by atoms with van der Waals surface area (Å²) >= 11 is 6.01. The van der Waals surface area contributed by atoms with Gasteiger partial charge in [0.05, 0.1) is 28.0 Å². The van der Waals surface area contributed by atoms with Crippen LogP contribution < -0.4 is 5.32 Å². The number of carboxylic acids is 1. The number of amides is 1. The molecule has 0 aliphatic heterocycles. The predicted octanol–water partition coefficient (Wildman–Crippen LogP) is 6.84. The van der Waals surface area contributed by atoms with Crippen molar-refractivity contribution in [1.29, 1.82) is 0 Å². The minimum Gasteiger partial charge on any atom is -0.481 e. The Morgan fingerprint density at radius 1 is 0.923 bits per heavy atom. The first-order chi connectivity index (χ1) is 18.5. The van der Waals surface area contributed by atoms with E-state index in [4.69, 9.17) is 26.7 Å². The number of carbonyl (C=O) groups excluding carboxylic acids is 1. The number of hydrogen-bond donors (Lipinski definition) is 2. The van der Waals surface area contributed by atoms with Crippen LogP contribution in [0.3, 0.4) is 0 Å². The normalized spacial score (nSPS) is 11.5. The molecule has 0 radical (unpaired) electrons. The van der Waals surface area contributed by atoms with Gasteiger partial charge < -0.3 is 10.4 Å². The van der Waals surface area contributed by atoms with Crippen LogP contribution in [0.2, 0.25) is 5.02 Å². The quantitative estimate of drug-likeness (QED) is 0.173. The lowest BCUT2D eigenvalue weighted by atomic mass is 10.0. The molecule has 0 atom stereocenters. The first-order valence-electron chi connectivity index (χ1n) is 11.9. The molecule has 0 saturated carbocycles. The summed E-state index contributed by atoms with van der Waals surface area (Å²) in [5, 5.41) is 11.9. The van der Waals surface area contributed by atoms with Crippen molar-refractivity contribution in [3.63, 3.8) is 0 Å². The standard InChI is InChI=1S/C28H22ClF4N3O3/c29-19-9-5-16(6-10-19)26-23(3-1-2-4-25(37)38)35-24-13-17(8-12-22(24)36-26)27(39)34-15-18-7-11-20(30)14-21(18)28(31,32)33/h5-14H,1-4,15H2,(H,34,39)(H,37,38). The van der Waals surface area contributed by atoms with Crippen LogP contribution in [0.5, 0.6) is 0 Å². The number of carboxylic acid groups (broad SMARTS) is 1. The van der Waals surface area contributed by atoms with Crippen molar-refractivity contribution in [2.45, 2.75) is 38.4 Å². The largest absolute Gasteiger partial charge is 0.481 e. The summed E-state index contributed by atoms with van der Waals surface area (Å²) in [6.07, 6.45) is -3.32. The Hall–Kier alpha value is -4.05. The van der Waals surface area contributed by atoms with Gasteiger partial charge in [-0.1, -0.05) is 29.8 Å². The molecule has 0 spiro atoms. The molecule has 1 amide bonds. The average molecular weight is 560 g/mol. The Balaban J connectivity index is 1.61. The smallest absolute Gasteiger partial charge is 0.416 e. The number of fused-ring (bicyclic) bond motifs is 1. The number of nitrogens with one attached hydrogen (secondary N) is 1. The van der Waals surface area contributed by atoms with E-state index >= 15 is 0 Å². The van der Waals surface area contributed by atoms with Crippen molar-refractivity contribution in [3.8, 4) is 11.3 Å². The average Bonchev–Trinajstić information content (AvgIpc) is 2.89. The van der Waals surface area contributed by atoms with Crippen LogP contribution in [0.15, 0.2) is 60.7 Å². The maximum Gasteiger partial charge on any atom is 0.416 e. The fourth-order valence-corrected chi connectivity index (χ4v) is 4.18. The molecule has 3 aromatic carbocycles. The zero-order valence-electron chi connectivity index (χ0n) is 20.4. The van der Waals surface area contributed by atoms with E-state index in [0.29, 0.717) is 52.8 Å². The SMILES string of the molecule is O=C(O)CCCCc1nc2cc(C(=O)NCc3ccc(F)cc3C(F)(F)F)ccc2nc1-c1ccc(Cl)cc1. The predicted molar refractivity (Wildman–Crippen MR) is 138 cm³/mol. The molecule has 4 aromatic rings. The minimum atomic E-state index is -4.77. The van der Waals surface area contributed by atoms with E-state index in [1.807, 2.05) is 0 Å². The van der Waals surface area contributed by atoms with Gasteiger partial charge in [0.1, 0.15) is 5.82 Å². The number of aromatic nitrogens is 2. The lowest BCUT2D eigenvalue weighted by molar-refractivity contribution is -0.138. The number of halogens is 5. The fraction of sp³-hybridized carbons (Fsp3) is 0.214. The first-order valence-corrected chi connectivity index (χ1v) is 12.3. The van der Waals surface area contributed by atoms with Gasteiger partial charge in [-0.25, -0.2) is 14.4 Å². The molecule has 1 aromatic heterocycles. The van der Waals surface area contributed by atoms with Gasteiger partial charge in [0, 0.05) is 29.1 Å². The van der Waals surface area contributed by atoms with Crippen molar-refractivity contribution >= 4 is 34.5 Å². The number of carbonyl (C=O) groups is 2. The molecule has 39 heavy (non-hydrogen) atoms. The Labute approximate surface area is 225 Å². The van der Waals surface area contributed by atoms with E-state index in [-0.39, 0.29) is 17.5 Å². The van der Waals surface area contributed by atoms with Gasteiger partial charge in [0.25, 0.3) is 5.91 Å². The van der Waals surface area contributed by atoms with Crippen molar-refractivity contribution < 1.29 is 32.3 Å². The summed E-state index contributed by atoms with van der Waals surface area (Å²) in [4.78, 5) is 33.1. The second-order valence-electron chi connectivity index (χ2n) is 8.81. The number of nitrogens with zero attached hydrogens (tertiary/aromatic N) is 2. The molecule has 0 aliphatic rings. The Morgan fingerprint density at radius 3 is 2.36 bits per heavy atom. The Bertz CT molecular complexity index is 1530. The molecule has 202 valence electrons. The molecular formula is C28H22ClF4N3O3. The molecule has 2 N–H and O–H groups in total. The zero-order valence-corrected chi connectivity index (χ0v) is 21.1. The molecule has 0 bridgehead atoms. The molecule has 0 unspecified atom stereocenters. The molecule has 0 saturated heterocycles. The molecule has 11 heteroatoms. The summed E-state index contributed by atoms with van der Waals surface area (Å²) in [6, 6.07) is 13.9. The highest BCUT2D eigenvalue weighted by Crippen LogP contribution is 2.32. The molecule has 4 rings (SSSR count). The van der Waals surface area contributed by atoms with Crippen LogP contribution in [0.25, 0.3) is 22.3 Å². The van der Waals surface area contributed by atoms with Gasteiger partial charge in [-0.15, -0.1) is 0 Å². The van der Waals surface area contributed by atoms with Crippen LogP contribution in [0.1, 0.15) is 46.4 Å². The van der Waals surface area contributed by atoms with Crippen LogP contribution >= 0.6 is 11.6 Å². The van der Waals surface area contributed by atoms with Gasteiger partial charge >= 0.3 is 12.1 Å². The van der Waals surface area contributed by atoms with E-state index < -0.39 is 36.0 Å². The van der Waals surface area contributed by atoms with E-state index in [0.717, 1.165) is 17.7 Å². The third-order valence-electron chi connectivity index (χ3n) is 5.99. The fourth-order valence-electron chi connectivity index (χ4n) is 4.06. The lowest BCUT2D eigenvalue weighted by Gasteiger charge is -2.14. The Morgan fingerprint density at radius 2 is 1.67 bits per heavy atom. The highest BCUT2D eigenvalue weighted by Gasteiger charge is 2.33. The maximum atomic E-state index is 13.4. The number of unbranched alkanes of at least 4 members (excludes halogenated alkanes) is 1. The van der Waals surface area contributed by atoms with Crippen molar-refractivity contribution in [2.24, 2.45) is 0 Å². The molecule has 1 heterocycles. The van der Waals surface area contributed by atoms with Crippen LogP contribution in [-0.4, -0.2) is 27.0 Å². The number of alkyl halides is 3. The summed E-state index contributed by atoms with van der Waals surface area (Å²) in [6.45, 7) is -0.456. The van der Waals surface area contributed by atoms with Crippen molar-refractivity contribution in [3.05, 3.63) is 93.9 Å². The van der Waals surface area contributed by atoms with E-state index in [9.17, 15) is 27.2 Å². The molecule has 6 nitrogen and oxygen atoms in total. The molecular weight excluding hydrogens is 538 g/mol. The van der Waals surface area contributed by atoms with Gasteiger partial charge in [-0.3, -0.25) is 9.59 Å². The zero-order chi connectivity index (χ0) is 28.2. The highest BCUT2D eigenvalue weighted by molar-refractivity contribution is 6.30. The summed E-state index contributed by atoms with van der Waals surface area (Å²) in [5.74, 6) is -2.56. The second-order valence-corrected chi connectivity index (χ2v) is 9.25. The van der Waals surface area contributed by atoms with E-state index in [1.54, 1.807) is 30.3 Å². The van der Waals surface area contributed by atoms with Crippen molar-refractivity contribution in [1.82, 2.24) is 15.3 Å². The number of hydrogen-bond acceptors (Lipinski definition) is 4. The monoisotopic (exact) mass is 559 g/mol. The van der Waals surface area contributed by atoms with Gasteiger partial charge in [-0.05, 0) is 67.3 Å². The van der Waals surface area contributed by atoms with Crippen LogP contribution in [0, 0.1) is 5.82 Å². The van der Waals surface area contributed by atoms with E-state index in [1.165, 1.54) is 12.1 Å². The summed E-state index contributed by atoms with van der Waals surface area (Å²) in [5.41, 5.74) is 1.59. The second kappa shape index (κ2) is 11.8. The summed E-state index contributed by atoms with van der Waals surface area (Å²) in [7, 11) is 0. The van der Waals surface area contributed by atoms with Crippen LogP contribution in [-0.2, 0) is 23.9 Å². The minimum absolute atomic E-state index is 0.0196. The third-order valence-corrected chi connectivity index (χ3v) is 6.24. The molecule has 0 aliphatic carbocycles. The third kappa shape index (κ3) is 7.08. The number of aryl methyl sites for hydroxylation is 1. The molecule has 0 fully saturated rings. The first kappa shape index (κ1) is 28.0.